The summed E-state index contributed by atoms with van der Waals surface area (Å²) in [5, 5.41) is 0.565. The smallest absolute Gasteiger partial charge is 0.179 e. The van der Waals surface area contributed by atoms with E-state index in [1.165, 1.54) is 19.3 Å². The van der Waals surface area contributed by atoms with Crippen LogP contribution >= 0.6 is 11.6 Å². The second-order valence-corrected chi connectivity index (χ2v) is 5.45. The average molecular weight is 300 g/mol. The Hall–Kier alpha value is -0.930. The lowest BCUT2D eigenvalue weighted by atomic mass is 10.0. The molecule has 1 aromatic rings. The van der Waals surface area contributed by atoms with Crippen LogP contribution in [0.5, 0.6) is 11.5 Å². The number of nitrogens with two attached hydrogens (primary N) is 1. The molecular formula is C16H26ClNO2. The molecule has 1 aromatic carbocycles. The van der Waals surface area contributed by atoms with E-state index in [-0.39, 0.29) is 0 Å². The Labute approximate surface area is 127 Å². The predicted molar refractivity (Wildman–Crippen MR) is 84.7 cm³/mol. The minimum Gasteiger partial charge on any atom is -0.493 e. The highest BCUT2D eigenvalue weighted by Gasteiger charge is 2.14. The first-order valence-corrected chi connectivity index (χ1v) is 7.73. The molecule has 114 valence electrons. The third-order valence-electron chi connectivity index (χ3n) is 3.53. The SMILES string of the molecule is CCCCC(CC)COc1c(Cl)cc(CN)cc1OC. The fourth-order valence-corrected chi connectivity index (χ4v) is 2.42. The van der Waals surface area contributed by atoms with Gasteiger partial charge >= 0.3 is 0 Å². The number of halogens is 1. The normalized spacial score (nSPS) is 12.2. The number of ether oxygens (including phenoxy) is 2. The van der Waals surface area contributed by atoms with Crippen molar-refractivity contribution >= 4 is 11.6 Å². The summed E-state index contributed by atoms with van der Waals surface area (Å²) >= 11 is 6.26. The van der Waals surface area contributed by atoms with Gasteiger partial charge in [-0.25, -0.2) is 0 Å². The molecule has 0 spiro atoms. The molecule has 0 radical (unpaired) electrons. The molecule has 2 N–H and O–H groups in total. The summed E-state index contributed by atoms with van der Waals surface area (Å²) in [5.41, 5.74) is 6.58. The minimum atomic E-state index is 0.435. The number of hydrogen-bond donors (Lipinski definition) is 1. The van der Waals surface area contributed by atoms with Crippen molar-refractivity contribution in [2.45, 2.75) is 46.1 Å². The Kier molecular flexibility index (Phi) is 7.78. The molecule has 4 heteroatoms. The topological polar surface area (TPSA) is 44.5 Å². The molecule has 0 aliphatic carbocycles. The Morgan fingerprint density at radius 3 is 2.60 bits per heavy atom. The Bertz CT molecular complexity index is 410. The third-order valence-corrected chi connectivity index (χ3v) is 3.81. The standard InChI is InChI=1S/C16H26ClNO2/c1-4-6-7-12(5-2)11-20-16-14(17)8-13(10-18)9-15(16)19-3/h8-9,12H,4-7,10-11,18H2,1-3H3. The second-order valence-electron chi connectivity index (χ2n) is 5.04. The number of hydrogen-bond acceptors (Lipinski definition) is 3. The molecule has 0 heterocycles. The lowest BCUT2D eigenvalue weighted by molar-refractivity contribution is 0.224. The van der Waals surface area contributed by atoms with Gasteiger partial charge in [-0.05, 0) is 30.0 Å². The zero-order chi connectivity index (χ0) is 15.0. The number of methoxy groups -OCH3 is 1. The van der Waals surface area contributed by atoms with Crippen molar-refractivity contribution in [3.05, 3.63) is 22.7 Å². The van der Waals surface area contributed by atoms with Gasteiger partial charge in [0, 0.05) is 6.54 Å². The Balaban J connectivity index is 2.75. The van der Waals surface area contributed by atoms with Crippen LogP contribution < -0.4 is 15.2 Å². The molecule has 0 saturated carbocycles. The van der Waals surface area contributed by atoms with Crippen LogP contribution in [0.3, 0.4) is 0 Å². The largest absolute Gasteiger partial charge is 0.493 e. The highest BCUT2D eigenvalue weighted by atomic mass is 35.5. The van der Waals surface area contributed by atoms with E-state index in [4.69, 9.17) is 26.8 Å². The fourth-order valence-electron chi connectivity index (χ4n) is 2.13. The first-order chi connectivity index (χ1) is 9.65. The molecule has 0 fully saturated rings. The van der Waals surface area contributed by atoms with E-state index < -0.39 is 0 Å². The van der Waals surface area contributed by atoms with Crippen LogP contribution in [0, 0.1) is 5.92 Å². The maximum atomic E-state index is 6.26. The molecule has 3 nitrogen and oxygen atoms in total. The van der Waals surface area contributed by atoms with Crippen molar-refractivity contribution in [2.75, 3.05) is 13.7 Å². The van der Waals surface area contributed by atoms with Crippen molar-refractivity contribution in [3.63, 3.8) is 0 Å². The lowest BCUT2D eigenvalue weighted by Crippen LogP contribution is -2.12. The van der Waals surface area contributed by atoms with Crippen LogP contribution in [0.2, 0.25) is 5.02 Å². The molecule has 0 aliphatic heterocycles. The van der Waals surface area contributed by atoms with E-state index in [1.54, 1.807) is 7.11 Å². The zero-order valence-corrected chi connectivity index (χ0v) is 13.5. The highest BCUT2D eigenvalue weighted by Crippen LogP contribution is 2.36. The number of benzene rings is 1. The maximum absolute atomic E-state index is 6.26. The summed E-state index contributed by atoms with van der Waals surface area (Å²) in [6.07, 6.45) is 4.75. The molecular weight excluding hydrogens is 274 g/mol. The van der Waals surface area contributed by atoms with Gasteiger partial charge in [0.2, 0.25) is 0 Å². The van der Waals surface area contributed by atoms with Gasteiger partial charge in [-0.2, -0.15) is 0 Å². The maximum Gasteiger partial charge on any atom is 0.179 e. The number of rotatable bonds is 9. The van der Waals surface area contributed by atoms with Crippen molar-refractivity contribution in [1.29, 1.82) is 0 Å². The Morgan fingerprint density at radius 2 is 2.05 bits per heavy atom. The zero-order valence-electron chi connectivity index (χ0n) is 12.7. The number of unbranched alkanes of at least 4 members (excludes halogenated alkanes) is 1. The van der Waals surface area contributed by atoms with Crippen LogP contribution in [0.25, 0.3) is 0 Å². The quantitative estimate of drug-likeness (QED) is 0.735. The molecule has 0 bridgehead atoms. The molecule has 1 rings (SSSR count). The summed E-state index contributed by atoms with van der Waals surface area (Å²) in [7, 11) is 1.62. The monoisotopic (exact) mass is 299 g/mol. The van der Waals surface area contributed by atoms with Gasteiger partial charge in [0.1, 0.15) is 0 Å². The van der Waals surface area contributed by atoms with Crippen molar-refractivity contribution in [1.82, 2.24) is 0 Å². The van der Waals surface area contributed by atoms with Crippen LogP contribution in [0.4, 0.5) is 0 Å². The van der Waals surface area contributed by atoms with Crippen LogP contribution in [0.1, 0.15) is 45.1 Å². The van der Waals surface area contributed by atoms with E-state index in [1.807, 2.05) is 12.1 Å². The molecule has 0 saturated heterocycles. The lowest BCUT2D eigenvalue weighted by Gasteiger charge is -2.18. The first-order valence-electron chi connectivity index (χ1n) is 7.35. The van der Waals surface area contributed by atoms with E-state index >= 15 is 0 Å². The summed E-state index contributed by atoms with van der Waals surface area (Å²) in [4.78, 5) is 0. The molecule has 0 aromatic heterocycles. The average Bonchev–Trinajstić information content (AvgIpc) is 2.47. The van der Waals surface area contributed by atoms with Gasteiger partial charge in [0.15, 0.2) is 11.5 Å². The van der Waals surface area contributed by atoms with Gasteiger partial charge in [-0.1, -0.05) is 44.7 Å². The summed E-state index contributed by atoms with van der Waals surface area (Å²) < 4.78 is 11.3. The van der Waals surface area contributed by atoms with E-state index in [0.717, 1.165) is 12.0 Å². The van der Waals surface area contributed by atoms with Gasteiger partial charge < -0.3 is 15.2 Å². The molecule has 0 amide bonds. The van der Waals surface area contributed by atoms with Crippen LogP contribution in [0.15, 0.2) is 12.1 Å². The summed E-state index contributed by atoms with van der Waals surface area (Å²) in [6, 6.07) is 3.72. The Morgan fingerprint density at radius 1 is 1.30 bits per heavy atom. The van der Waals surface area contributed by atoms with Gasteiger partial charge in [0.25, 0.3) is 0 Å². The van der Waals surface area contributed by atoms with Crippen molar-refractivity contribution in [2.24, 2.45) is 11.7 Å². The summed E-state index contributed by atoms with van der Waals surface area (Å²) in [6.45, 7) is 5.51. The predicted octanol–water partition coefficient (Wildman–Crippen LogP) is 4.40. The fraction of sp³-hybridized carbons (Fsp3) is 0.625. The first kappa shape index (κ1) is 17.1. The second kappa shape index (κ2) is 9.09. The van der Waals surface area contributed by atoms with Crippen molar-refractivity contribution < 1.29 is 9.47 Å². The molecule has 1 unspecified atom stereocenters. The molecule has 0 aliphatic rings. The minimum absolute atomic E-state index is 0.435. The van der Waals surface area contributed by atoms with E-state index in [0.29, 0.717) is 35.6 Å². The van der Waals surface area contributed by atoms with E-state index in [2.05, 4.69) is 13.8 Å². The summed E-state index contributed by atoms with van der Waals surface area (Å²) in [5.74, 6) is 1.84. The van der Waals surface area contributed by atoms with Gasteiger partial charge in [-0.15, -0.1) is 0 Å². The molecule has 1 atom stereocenters. The van der Waals surface area contributed by atoms with Crippen LogP contribution in [-0.2, 0) is 6.54 Å². The van der Waals surface area contributed by atoms with Crippen LogP contribution in [-0.4, -0.2) is 13.7 Å². The van der Waals surface area contributed by atoms with Crippen molar-refractivity contribution in [3.8, 4) is 11.5 Å². The van der Waals surface area contributed by atoms with E-state index in [9.17, 15) is 0 Å². The highest BCUT2D eigenvalue weighted by molar-refractivity contribution is 6.32. The molecule has 20 heavy (non-hydrogen) atoms. The van der Waals surface area contributed by atoms with Gasteiger partial charge in [-0.3, -0.25) is 0 Å². The third kappa shape index (κ3) is 4.88. The van der Waals surface area contributed by atoms with Gasteiger partial charge in [0.05, 0.1) is 18.7 Å².